The Balaban J connectivity index is 1.77. The van der Waals surface area contributed by atoms with E-state index < -0.39 is 17.5 Å². The van der Waals surface area contributed by atoms with E-state index in [2.05, 4.69) is 10.4 Å². The van der Waals surface area contributed by atoms with Gasteiger partial charge in [0.2, 0.25) is 0 Å². The number of hydrogen-bond donors (Lipinski definition) is 1. The summed E-state index contributed by atoms with van der Waals surface area (Å²) in [5.41, 5.74) is 1.11. The Morgan fingerprint density at radius 2 is 1.79 bits per heavy atom. The lowest BCUT2D eigenvalue weighted by Crippen LogP contribution is -2.17. The lowest BCUT2D eigenvalue weighted by Gasteiger charge is -2.09. The molecule has 0 fully saturated rings. The summed E-state index contributed by atoms with van der Waals surface area (Å²) in [4.78, 5) is 12.8. The van der Waals surface area contributed by atoms with Crippen LogP contribution < -0.4 is 5.32 Å². The molecule has 0 unspecified atom stereocenters. The van der Waals surface area contributed by atoms with Crippen LogP contribution in [0.4, 0.5) is 14.5 Å². The monoisotopic (exact) mass is 379 g/mol. The Morgan fingerprint density at radius 3 is 2.46 bits per heavy atom. The molecule has 2 aromatic heterocycles. The first-order valence-electron chi connectivity index (χ1n) is 8.50. The number of anilines is 1. The summed E-state index contributed by atoms with van der Waals surface area (Å²) in [5, 5.41) is 6.96. The molecule has 0 radical (unpaired) electrons. The maximum atomic E-state index is 13.9. The second-order valence-corrected chi connectivity index (χ2v) is 6.15. The van der Waals surface area contributed by atoms with Crippen molar-refractivity contribution in [3.05, 3.63) is 89.8 Å². The van der Waals surface area contributed by atoms with Crippen molar-refractivity contribution in [2.45, 2.75) is 6.92 Å². The van der Waals surface area contributed by atoms with Crippen molar-refractivity contribution in [1.29, 1.82) is 0 Å². The third-order valence-corrected chi connectivity index (χ3v) is 4.13. The van der Waals surface area contributed by atoms with Crippen LogP contribution in [0, 0.1) is 18.6 Å². The first-order valence-corrected chi connectivity index (χ1v) is 8.50. The molecule has 0 bridgehead atoms. The molecule has 7 heteroatoms. The molecule has 5 nitrogen and oxygen atoms in total. The van der Waals surface area contributed by atoms with Crippen molar-refractivity contribution in [2.24, 2.45) is 0 Å². The Kier molecular flexibility index (Phi) is 4.49. The number of halogens is 2. The van der Waals surface area contributed by atoms with E-state index >= 15 is 0 Å². The molecule has 140 valence electrons. The van der Waals surface area contributed by atoms with E-state index in [9.17, 15) is 13.6 Å². The number of amides is 1. The van der Waals surface area contributed by atoms with Crippen molar-refractivity contribution in [1.82, 2.24) is 9.78 Å². The Labute approximate surface area is 159 Å². The highest BCUT2D eigenvalue weighted by Crippen LogP contribution is 2.25. The average molecular weight is 379 g/mol. The lowest BCUT2D eigenvalue weighted by atomic mass is 10.2. The molecule has 0 spiro atoms. The molecule has 4 rings (SSSR count). The zero-order valence-electron chi connectivity index (χ0n) is 14.8. The van der Waals surface area contributed by atoms with Crippen LogP contribution in [0.3, 0.4) is 0 Å². The number of rotatable bonds is 4. The molecule has 2 heterocycles. The molecule has 0 aliphatic rings. The number of para-hydroxylation sites is 1. The smallest absolute Gasteiger partial charge is 0.274 e. The molecule has 1 N–H and O–H groups in total. The van der Waals surface area contributed by atoms with Gasteiger partial charge in [0.1, 0.15) is 28.8 Å². The van der Waals surface area contributed by atoms with Crippen LogP contribution in [0.15, 0.2) is 71.1 Å². The van der Waals surface area contributed by atoms with Crippen molar-refractivity contribution in [2.75, 3.05) is 5.32 Å². The highest BCUT2D eigenvalue weighted by atomic mass is 19.1. The number of aryl methyl sites for hydroxylation is 1. The Morgan fingerprint density at radius 1 is 1.04 bits per heavy atom. The third-order valence-electron chi connectivity index (χ3n) is 4.13. The molecule has 2 aromatic carbocycles. The maximum Gasteiger partial charge on any atom is 0.274 e. The molecular weight excluding hydrogens is 364 g/mol. The molecule has 0 saturated carbocycles. The SMILES string of the molecule is Cc1ccc(-c2cc(C(=O)Nc3ccccc3F)n(-c3ccc(F)cc3)n2)o1. The fourth-order valence-electron chi connectivity index (χ4n) is 2.76. The number of benzene rings is 2. The van der Waals surface area contributed by atoms with Gasteiger partial charge in [0.25, 0.3) is 5.91 Å². The van der Waals surface area contributed by atoms with Crippen LogP contribution in [0.2, 0.25) is 0 Å². The van der Waals surface area contributed by atoms with E-state index in [0.717, 1.165) is 0 Å². The molecule has 0 aliphatic heterocycles. The lowest BCUT2D eigenvalue weighted by molar-refractivity contribution is 0.101. The van der Waals surface area contributed by atoms with Gasteiger partial charge in [-0.15, -0.1) is 0 Å². The van der Waals surface area contributed by atoms with Crippen LogP contribution in [0.5, 0.6) is 0 Å². The number of nitrogens with one attached hydrogen (secondary N) is 1. The summed E-state index contributed by atoms with van der Waals surface area (Å²) in [5.74, 6) is -0.334. The largest absolute Gasteiger partial charge is 0.460 e. The number of furan rings is 1. The normalized spacial score (nSPS) is 10.8. The minimum atomic E-state index is -0.559. The summed E-state index contributed by atoms with van der Waals surface area (Å²) in [6.45, 7) is 1.80. The topological polar surface area (TPSA) is 60.1 Å². The fourth-order valence-corrected chi connectivity index (χ4v) is 2.76. The van der Waals surface area contributed by atoms with E-state index in [1.54, 1.807) is 25.1 Å². The van der Waals surface area contributed by atoms with Crippen LogP contribution in [0.25, 0.3) is 17.1 Å². The predicted octanol–water partition coefficient (Wildman–Crippen LogP) is 4.97. The summed E-state index contributed by atoms with van der Waals surface area (Å²) < 4.78 is 34.2. The fraction of sp³-hybridized carbons (Fsp3) is 0.0476. The zero-order chi connectivity index (χ0) is 19.7. The standard InChI is InChI=1S/C21H15F2N3O2/c1-13-6-11-20(28-13)18-12-19(21(27)24-17-5-3-2-4-16(17)23)26(25-18)15-9-7-14(22)8-10-15/h2-12H,1H3,(H,24,27). The number of carbonyl (C=O) groups is 1. The van der Waals surface area contributed by atoms with Gasteiger partial charge in [-0.25, -0.2) is 13.5 Å². The van der Waals surface area contributed by atoms with Crippen LogP contribution in [-0.2, 0) is 0 Å². The molecule has 4 aromatic rings. The van der Waals surface area contributed by atoms with E-state index in [-0.39, 0.29) is 11.4 Å². The quantitative estimate of drug-likeness (QED) is 0.545. The molecule has 28 heavy (non-hydrogen) atoms. The first-order chi connectivity index (χ1) is 13.5. The summed E-state index contributed by atoms with van der Waals surface area (Å²) in [7, 11) is 0. The highest BCUT2D eigenvalue weighted by Gasteiger charge is 2.20. The van der Waals surface area contributed by atoms with E-state index in [4.69, 9.17) is 4.42 Å². The summed E-state index contributed by atoms with van der Waals surface area (Å²) >= 11 is 0. The van der Waals surface area contributed by atoms with Gasteiger partial charge in [-0.1, -0.05) is 12.1 Å². The van der Waals surface area contributed by atoms with Crippen molar-refractivity contribution in [3.63, 3.8) is 0 Å². The van der Waals surface area contributed by atoms with Gasteiger partial charge in [0.05, 0.1) is 11.4 Å². The predicted molar refractivity (Wildman–Crippen MR) is 100 cm³/mol. The number of aromatic nitrogens is 2. The summed E-state index contributed by atoms with van der Waals surface area (Å²) in [6.07, 6.45) is 0. The van der Waals surface area contributed by atoms with Gasteiger partial charge in [-0.2, -0.15) is 5.10 Å². The van der Waals surface area contributed by atoms with Gasteiger partial charge in [0.15, 0.2) is 5.76 Å². The molecule has 0 atom stereocenters. The Hall–Kier alpha value is -3.74. The van der Waals surface area contributed by atoms with E-state index in [0.29, 0.717) is 22.9 Å². The number of hydrogen-bond acceptors (Lipinski definition) is 3. The van der Waals surface area contributed by atoms with Crippen LogP contribution in [0.1, 0.15) is 16.2 Å². The average Bonchev–Trinajstić information content (AvgIpc) is 3.31. The van der Waals surface area contributed by atoms with E-state index in [1.807, 2.05) is 0 Å². The molecule has 1 amide bonds. The molecular formula is C21H15F2N3O2. The summed E-state index contributed by atoms with van der Waals surface area (Å²) in [6, 6.07) is 16.5. The van der Waals surface area contributed by atoms with Crippen LogP contribution >= 0.6 is 0 Å². The van der Waals surface area contributed by atoms with Crippen LogP contribution in [-0.4, -0.2) is 15.7 Å². The minimum absolute atomic E-state index is 0.0507. The van der Waals surface area contributed by atoms with Gasteiger partial charge < -0.3 is 9.73 Å². The van der Waals surface area contributed by atoms with Crippen molar-refractivity contribution < 1.29 is 18.0 Å². The molecule has 0 saturated heterocycles. The highest BCUT2D eigenvalue weighted by molar-refractivity contribution is 6.04. The second kappa shape index (κ2) is 7.11. The third kappa shape index (κ3) is 3.42. The van der Waals surface area contributed by atoms with Gasteiger partial charge in [-0.05, 0) is 55.5 Å². The first kappa shape index (κ1) is 17.7. The Bertz CT molecular complexity index is 1150. The van der Waals surface area contributed by atoms with E-state index in [1.165, 1.54) is 53.2 Å². The second-order valence-electron chi connectivity index (χ2n) is 6.15. The maximum absolute atomic E-state index is 13.9. The van der Waals surface area contributed by atoms with Gasteiger partial charge in [0, 0.05) is 6.07 Å². The van der Waals surface area contributed by atoms with Gasteiger partial charge >= 0.3 is 0 Å². The van der Waals surface area contributed by atoms with Gasteiger partial charge in [-0.3, -0.25) is 4.79 Å². The number of nitrogens with zero attached hydrogens (tertiary/aromatic N) is 2. The molecule has 0 aliphatic carbocycles. The number of carbonyl (C=O) groups excluding carboxylic acids is 1. The minimum Gasteiger partial charge on any atom is -0.460 e. The van der Waals surface area contributed by atoms with Crippen molar-refractivity contribution >= 4 is 11.6 Å². The van der Waals surface area contributed by atoms with Crippen molar-refractivity contribution in [3.8, 4) is 17.1 Å². The zero-order valence-corrected chi connectivity index (χ0v) is 14.8.